The number of hydrogen-bond donors (Lipinski definition) is 2. The van der Waals surface area contributed by atoms with Crippen LogP contribution < -0.4 is 5.73 Å². The molecule has 1 aliphatic rings. The van der Waals surface area contributed by atoms with Crippen LogP contribution in [0.1, 0.15) is 12.8 Å². The van der Waals surface area contributed by atoms with Crippen molar-refractivity contribution in [2.75, 3.05) is 5.73 Å². The van der Waals surface area contributed by atoms with E-state index in [4.69, 9.17) is 5.73 Å². The third-order valence-corrected chi connectivity index (χ3v) is 4.12. The van der Waals surface area contributed by atoms with Crippen molar-refractivity contribution >= 4 is 17.6 Å². The van der Waals surface area contributed by atoms with Crippen molar-refractivity contribution in [3.8, 4) is 11.1 Å². The lowest BCUT2D eigenvalue weighted by Gasteiger charge is -2.04. The van der Waals surface area contributed by atoms with Crippen LogP contribution in [0.4, 0.5) is 10.2 Å². The zero-order valence-electron chi connectivity index (χ0n) is 9.11. The quantitative estimate of drug-likeness (QED) is 0.879. The SMILES string of the molecule is Nc1[nH]ncc1-c1ccc(SC2CC2)c(F)c1. The fraction of sp³-hybridized carbons (Fsp3) is 0.250. The third-order valence-electron chi connectivity index (χ3n) is 2.73. The fourth-order valence-corrected chi connectivity index (χ4v) is 2.70. The summed E-state index contributed by atoms with van der Waals surface area (Å²) >= 11 is 1.62. The minimum atomic E-state index is -0.181. The monoisotopic (exact) mass is 249 g/mol. The number of nitrogens with zero attached hydrogens (tertiary/aromatic N) is 1. The normalized spacial score (nSPS) is 15.1. The number of benzene rings is 1. The van der Waals surface area contributed by atoms with Crippen LogP contribution in [0.15, 0.2) is 29.3 Å². The van der Waals surface area contributed by atoms with Crippen LogP contribution in [0, 0.1) is 5.82 Å². The van der Waals surface area contributed by atoms with E-state index in [2.05, 4.69) is 10.2 Å². The molecule has 0 unspecified atom stereocenters. The minimum absolute atomic E-state index is 0.181. The molecule has 0 saturated heterocycles. The van der Waals surface area contributed by atoms with Crippen molar-refractivity contribution in [3.63, 3.8) is 0 Å². The number of nitrogens with two attached hydrogens (primary N) is 1. The summed E-state index contributed by atoms with van der Waals surface area (Å²) in [6, 6.07) is 5.22. The molecule has 0 aliphatic heterocycles. The number of aromatic amines is 1. The van der Waals surface area contributed by atoms with Crippen molar-refractivity contribution in [1.82, 2.24) is 10.2 Å². The Morgan fingerprint density at radius 3 is 2.82 bits per heavy atom. The molecule has 1 aromatic carbocycles. The molecule has 0 amide bonds. The van der Waals surface area contributed by atoms with Gasteiger partial charge in [0.2, 0.25) is 0 Å². The van der Waals surface area contributed by atoms with Crippen LogP contribution in [0.5, 0.6) is 0 Å². The summed E-state index contributed by atoms with van der Waals surface area (Å²) in [5.41, 5.74) is 7.21. The highest BCUT2D eigenvalue weighted by Gasteiger charge is 2.24. The summed E-state index contributed by atoms with van der Waals surface area (Å²) in [7, 11) is 0. The molecule has 3 rings (SSSR count). The molecule has 17 heavy (non-hydrogen) atoms. The highest BCUT2D eigenvalue weighted by molar-refractivity contribution is 8.00. The van der Waals surface area contributed by atoms with Gasteiger partial charge in [0, 0.05) is 15.7 Å². The van der Waals surface area contributed by atoms with Crippen LogP contribution in [0.3, 0.4) is 0 Å². The highest BCUT2D eigenvalue weighted by atomic mass is 32.2. The van der Waals surface area contributed by atoms with Gasteiger partial charge in [0.05, 0.1) is 6.20 Å². The Labute approximate surface area is 103 Å². The van der Waals surface area contributed by atoms with E-state index in [1.807, 2.05) is 12.1 Å². The van der Waals surface area contributed by atoms with Gasteiger partial charge in [-0.3, -0.25) is 5.10 Å². The maximum Gasteiger partial charge on any atom is 0.137 e. The lowest BCUT2D eigenvalue weighted by atomic mass is 10.1. The van der Waals surface area contributed by atoms with Crippen LogP contribution in [-0.4, -0.2) is 15.4 Å². The van der Waals surface area contributed by atoms with E-state index in [1.165, 1.54) is 18.9 Å². The van der Waals surface area contributed by atoms with E-state index in [0.717, 1.165) is 16.0 Å². The number of thioether (sulfide) groups is 1. The van der Waals surface area contributed by atoms with Crippen LogP contribution in [-0.2, 0) is 0 Å². The molecule has 1 aromatic heterocycles. The Morgan fingerprint density at radius 1 is 1.41 bits per heavy atom. The van der Waals surface area contributed by atoms with Gasteiger partial charge in [-0.05, 0) is 30.5 Å². The van der Waals surface area contributed by atoms with E-state index in [-0.39, 0.29) is 5.82 Å². The average molecular weight is 249 g/mol. The van der Waals surface area contributed by atoms with Gasteiger partial charge in [-0.15, -0.1) is 11.8 Å². The first kappa shape index (κ1) is 10.7. The van der Waals surface area contributed by atoms with Crippen LogP contribution >= 0.6 is 11.8 Å². The number of hydrogen-bond acceptors (Lipinski definition) is 3. The number of halogens is 1. The predicted molar refractivity (Wildman–Crippen MR) is 67.3 cm³/mol. The molecule has 0 radical (unpaired) electrons. The minimum Gasteiger partial charge on any atom is -0.384 e. The smallest absolute Gasteiger partial charge is 0.137 e. The number of aromatic nitrogens is 2. The van der Waals surface area contributed by atoms with Crippen molar-refractivity contribution in [2.24, 2.45) is 0 Å². The Morgan fingerprint density at radius 2 is 2.24 bits per heavy atom. The van der Waals surface area contributed by atoms with Crippen molar-refractivity contribution in [3.05, 3.63) is 30.2 Å². The van der Waals surface area contributed by atoms with Crippen molar-refractivity contribution < 1.29 is 4.39 Å². The van der Waals surface area contributed by atoms with E-state index in [1.54, 1.807) is 18.0 Å². The summed E-state index contributed by atoms with van der Waals surface area (Å²) in [5.74, 6) is 0.284. The number of nitrogen functional groups attached to an aromatic ring is 1. The zero-order chi connectivity index (χ0) is 11.8. The number of rotatable bonds is 3. The maximum atomic E-state index is 13.9. The van der Waals surface area contributed by atoms with Gasteiger partial charge in [0.25, 0.3) is 0 Å². The Kier molecular flexibility index (Phi) is 2.55. The summed E-state index contributed by atoms with van der Waals surface area (Å²) in [4.78, 5) is 0.721. The summed E-state index contributed by atoms with van der Waals surface area (Å²) in [5, 5.41) is 7.08. The van der Waals surface area contributed by atoms with Crippen molar-refractivity contribution in [2.45, 2.75) is 23.0 Å². The molecule has 5 heteroatoms. The largest absolute Gasteiger partial charge is 0.384 e. The fourth-order valence-electron chi connectivity index (χ4n) is 1.66. The zero-order valence-corrected chi connectivity index (χ0v) is 9.93. The van der Waals surface area contributed by atoms with Crippen molar-refractivity contribution in [1.29, 1.82) is 0 Å². The molecular formula is C12H12FN3S. The Balaban J connectivity index is 1.92. The Bertz CT molecular complexity index is 548. The van der Waals surface area contributed by atoms with Gasteiger partial charge in [0.15, 0.2) is 0 Å². The van der Waals surface area contributed by atoms with E-state index < -0.39 is 0 Å². The number of anilines is 1. The van der Waals surface area contributed by atoms with Gasteiger partial charge in [-0.1, -0.05) is 6.07 Å². The second-order valence-electron chi connectivity index (χ2n) is 4.16. The first-order valence-electron chi connectivity index (χ1n) is 5.49. The molecule has 88 valence electrons. The molecule has 1 aliphatic carbocycles. The Hall–Kier alpha value is -1.49. The molecule has 3 N–H and O–H groups in total. The van der Waals surface area contributed by atoms with Gasteiger partial charge < -0.3 is 5.73 Å². The second kappa shape index (κ2) is 4.07. The van der Waals surface area contributed by atoms with Crippen LogP contribution in [0.2, 0.25) is 0 Å². The molecule has 2 aromatic rings. The topological polar surface area (TPSA) is 54.7 Å². The summed E-state index contributed by atoms with van der Waals surface area (Å²) < 4.78 is 13.9. The summed E-state index contributed by atoms with van der Waals surface area (Å²) in [6.45, 7) is 0. The molecular weight excluding hydrogens is 237 g/mol. The first-order valence-corrected chi connectivity index (χ1v) is 6.37. The van der Waals surface area contributed by atoms with E-state index in [0.29, 0.717) is 11.1 Å². The third kappa shape index (κ3) is 2.15. The molecule has 1 heterocycles. The molecule has 0 bridgehead atoms. The average Bonchev–Trinajstić information content (AvgIpc) is 3.02. The highest BCUT2D eigenvalue weighted by Crippen LogP contribution is 2.40. The van der Waals surface area contributed by atoms with E-state index >= 15 is 0 Å². The van der Waals surface area contributed by atoms with Gasteiger partial charge in [-0.25, -0.2) is 4.39 Å². The van der Waals surface area contributed by atoms with Gasteiger partial charge in [0.1, 0.15) is 11.6 Å². The standard InChI is InChI=1S/C12H12FN3S/c13-10-5-7(9-6-15-16-12(9)14)1-4-11(10)17-8-2-3-8/h1,4-6,8H,2-3H2,(H3,14,15,16). The molecule has 1 fully saturated rings. The lowest BCUT2D eigenvalue weighted by Crippen LogP contribution is -1.89. The number of nitrogens with one attached hydrogen (secondary N) is 1. The lowest BCUT2D eigenvalue weighted by molar-refractivity contribution is 0.602. The van der Waals surface area contributed by atoms with Gasteiger partial charge in [-0.2, -0.15) is 5.10 Å². The summed E-state index contributed by atoms with van der Waals surface area (Å²) in [6.07, 6.45) is 4.00. The molecule has 1 saturated carbocycles. The maximum absolute atomic E-state index is 13.9. The molecule has 3 nitrogen and oxygen atoms in total. The molecule has 0 atom stereocenters. The predicted octanol–water partition coefficient (Wildman–Crippen LogP) is 3.05. The second-order valence-corrected chi connectivity index (χ2v) is 5.50. The number of H-pyrrole nitrogens is 1. The van der Waals surface area contributed by atoms with Gasteiger partial charge >= 0.3 is 0 Å². The van der Waals surface area contributed by atoms with Crippen LogP contribution in [0.25, 0.3) is 11.1 Å². The first-order chi connectivity index (χ1) is 8.24. The molecule has 0 spiro atoms. The van der Waals surface area contributed by atoms with E-state index in [9.17, 15) is 4.39 Å².